The van der Waals surface area contributed by atoms with Crippen LogP contribution in [0.1, 0.15) is 5.56 Å². The lowest BCUT2D eigenvalue weighted by molar-refractivity contribution is 0.468. The molecule has 1 aromatic carbocycles. The molecular weight excluding hydrogens is 325 g/mol. The molecule has 19 heavy (non-hydrogen) atoms. The number of sulfonamides is 1. The number of halogens is 2. The van der Waals surface area contributed by atoms with Crippen LogP contribution in [0.4, 0.5) is 0 Å². The smallest absolute Gasteiger partial charge is 0.206 e. The number of benzene rings is 1. The Morgan fingerprint density at radius 3 is 2.53 bits per heavy atom. The molecule has 0 saturated heterocycles. The van der Waals surface area contributed by atoms with Gasteiger partial charge in [0.1, 0.15) is 4.21 Å². The molecule has 2 aromatic rings. The summed E-state index contributed by atoms with van der Waals surface area (Å²) in [5.41, 5.74) is 0.789. The van der Waals surface area contributed by atoms with E-state index in [0.717, 1.165) is 5.56 Å². The van der Waals surface area contributed by atoms with Crippen molar-refractivity contribution in [2.24, 2.45) is 0 Å². The molecule has 0 aliphatic rings. The fraction of sp³-hybridized carbons (Fsp3) is 0.167. The molecule has 0 fully saturated rings. The van der Waals surface area contributed by atoms with Gasteiger partial charge in [-0.1, -0.05) is 35.3 Å². The van der Waals surface area contributed by atoms with Gasteiger partial charge in [0.2, 0.25) is 0 Å². The molecule has 0 amide bonds. The second-order valence-electron chi connectivity index (χ2n) is 3.94. The average molecular weight is 336 g/mol. The van der Waals surface area contributed by atoms with Crippen molar-refractivity contribution in [2.45, 2.75) is 10.8 Å². The zero-order chi connectivity index (χ0) is 14.0. The maximum Gasteiger partial charge on any atom is 0.252 e. The summed E-state index contributed by atoms with van der Waals surface area (Å²) in [6, 6.07) is 8.39. The van der Waals surface area contributed by atoms with Crippen molar-refractivity contribution in [1.29, 1.82) is 0 Å². The second kappa shape index (κ2) is 5.81. The Labute approximate surface area is 126 Å². The van der Waals surface area contributed by atoms with E-state index in [-0.39, 0.29) is 6.54 Å². The fourth-order valence-electron chi connectivity index (χ4n) is 1.54. The normalized spacial score (nSPS) is 12.0. The minimum atomic E-state index is -3.44. The Kier molecular flexibility index (Phi) is 4.53. The fourth-order valence-corrected chi connectivity index (χ4v) is 4.22. The molecule has 0 spiro atoms. The Morgan fingerprint density at radius 1 is 1.21 bits per heavy atom. The van der Waals surface area contributed by atoms with Crippen LogP contribution in [0.15, 0.2) is 39.9 Å². The van der Waals surface area contributed by atoms with E-state index in [9.17, 15) is 8.42 Å². The Morgan fingerprint density at radius 2 is 1.95 bits per heavy atom. The van der Waals surface area contributed by atoms with Crippen LogP contribution >= 0.6 is 34.5 Å². The van der Waals surface area contributed by atoms with E-state index in [1.54, 1.807) is 35.7 Å². The first-order valence-electron chi connectivity index (χ1n) is 5.35. The van der Waals surface area contributed by atoms with Gasteiger partial charge < -0.3 is 0 Å². The molecule has 0 saturated carbocycles. The predicted molar refractivity (Wildman–Crippen MR) is 79.4 cm³/mol. The van der Waals surface area contributed by atoms with E-state index >= 15 is 0 Å². The first-order valence-corrected chi connectivity index (χ1v) is 8.42. The van der Waals surface area contributed by atoms with Gasteiger partial charge in [-0.15, -0.1) is 11.3 Å². The molecular formula is C12H11Cl2NO2S2. The molecule has 7 heteroatoms. The summed E-state index contributed by atoms with van der Waals surface area (Å²) in [5, 5.41) is 2.61. The molecule has 0 atom stereocenters. The summed E-state index contributed by atoms with van der Waals surface area (Å²) in [6.45, 7) is 0.247. The van der Waals surface area contributed by atoms with Crippen LogP contribution in [-0.4, -0.2) is 19.8 Å². The minimum absolute atomic E-state index is 0.247. The monoisotopic (exact) mass is 335 g/mol. The van der Waals surface area contributed by atoms with Crippen LogP contribution in [0.2, 0.25) is 10.0 Å². The average Bonchev–Trinajstić information content (AvgIpc) is 2.88. The van der Waals surface area contributed by atoms with Crippen LogP contribution in [0.5, 0.6) is 0 Å². The highest BCUT2D eigenvalue weighted by atomic mass is 35.5. The summed E-state index contributed by atoms with van der Waals surface area (Å²) in [7, 11) is -1.90. The molecule has 0 aliphatic heterocycles. The van der Waals surface area contributed by atoms with Crippen LogP contribution in [0, 0.1) is 0 Å². The summed E-state index contributed by atoms with van der Waals surface area (Å²) >= 11 is 12.9. The molecule has 0 unspecified atom stereocenters. The Hall–Kier alpha value is -0.590. The van der Waals surface area contributed by atoms with Gasteiger partial charge in [0.05, 0.1) is 10.0 Å². The number of hydrogen-bond donors (Lipinski definition) is 0. The van der Waals surface area contributed by atoms with Gasteiger partial charge in [-0.25, -0.2) is 8.42 Å². The van der Waals surface area contributed by atoms with E-state index in [2.05, 4.69) is 0 Å². The van der Waals surface area contributed by atoms with E-state index in [0.29, 0.717) is 14.3 Å². The molecule has 0 aliphatic carbocycles. The predicted octanol–water partition coefficient (Wildman–Crippen LogP) is 3.88. The van der Waals surface area contributed by atoms with Crippen LogP contribution < -0.4 is 0 Å². The summed E-state index contributed by atoms with van der Waals surface area (Å²) < 4.78 is 26.1. The molecule has 3 nitrogen and oxygen atoms in total. The summed E-state index contributed by atoms with van der Waals surface area (Å²) in [5.74, 6) is 0. The third-order valence-corrected chi connectivity index (χ3v) is 6.46. The van der Waals surface area contributed by atoms with Gasteiger partial charge in [0, 0.05) is 13.6 Å². The third-order valence-electron chi connectivity index (χ3n) is 2.55. The second-order valence-corrected chi connectivity index (χ2v) is 7.98. The lowest BCUT2D eigenvalue weighted by Crippen LogP contribution is -2.25. The standard InChI is InChI=1S/C12H11Cl2NO2S2/c1-15(19(16,17)12-3-2-6-18-12)8-9-4-5-10(13)11(14)7-9/h2-7H,8H2,1H3. The first kappa shape index (κ1) is 14.8. The van der Waals surface area contributed by atoms with Crippen molar-refractivity contribution in [3.05, 3.63) is 51.3 Å². The topological polar surface area (TPSA) is 37.4 Å². The van der Waals surface area contributed by atoms with Crippen LogP contribution in [0.25, 0.3) is 0 Å². The zero-order valence-corrected chi connectivity index (χ0v) is 13.2. The van der Waals surface area contributed by atoms with Gasteiger partial charge in [-0.3, -0.25) is 0 Å². The zero-order valence-electron chi connectivity index (χ0n) is 10.0. The number of thiophene rings is 1. The molecule has 1 heterocycles. The molecule has 2 rings (SSSR count). The number of rotatable bonds is 4. The Bertz CT molecular complexity index is 669. The van der Waals surface area contributed by atoms with E-state index in [1.807, 2.05) is 0 Å². The van der Waals surface area contributed by atoms with Crippen molar-refractivity contribution in [3.63, 3.8) is 0 Å². The van der Waals surface area contributed by atoms with Gasteiger partial charge in [0.25, 0.3) is 10.0 Å². The SMILES string of the molecule is CN(Cc1ccc(Cl)c(Cl)c1)S(=O)(=O)c1cccs1. The van der Waals surface area contributed by atoms with Crippen molar-refractivity contribution in [1.82, 2.24) is 4.31 Å². The van der Waals surface area contributed by atoms with E-state index < -0.39 is 10.0 Å². The largest absolute Gasteiger partial charge is 0.252 e. The van der Waals surface area contributed by atoms with Crippen molar-refractivity contribution >= 4 is 44.6 Å². The number of nitrogens with zero attached hydrogens (tertiary/aromatic N) is 1. The van der Waals surface area contributed by atoms with Crippen molar-refractivity contribution < 1.29 is 8.42 Å². The maximum atomic E-state index is 12.2. The highest BCUT2D eigenvalue weighted by Gasteiger charge is 2.21. The quantitative estimate of drug-likeness (QED) is 0.850. The molecule has 1 aromatic heterocycles. The molecule has 0 radical (unpaired) electrons. The van der Waals surface area contributed by atoms with E-state index in [4.69, 9.17) is 23.2 Å². The van der Waals surface area contributed by atoms with Crippen molar-refractivity contribution in [3.8, 4) is 0 Å². The molecule has 102 valence electrons. The third kappa shape index (κ3) is 3.30. The van der Waals surface area contributed by atoms with E-state index in [1.165, 1.54) is 22.7 Å². The highest BCUT2D eigenvalue weighted by molar-refractivity contribution is 7.91. The lowest BCUT2D eigenvalue weighted by Gasteiger charge is -2.16. The van der Waals surface area contributed by atoms with Gasteiger partial charge >= 0.3 is 0 Å². The minimum Gasteiger partial charge on any atom is -0.206 e. The van der Waals surface area contributed by atoms with Gasteiger partial charge in [-0.2, -0.15) is 4.31 Å². The maximum absolute atomic E-state index is 12.2. The molecule has 0 N–H and O–H groups in total. The molecule has 0 bridgehead atoms. The summed E-state index contributed by atoms with van der Waals surface area (Å²) in [6.07, 6.45) is 0. The van der Waals surface area contributed by atoms with Crippen LogP contribution in [-0.2, 0) is 16.6 Å². The van der Waals surface area contributed by atoms with Crippen molar-refractivity contribution in [2.75, 3.05) is 7.05 Å². The number of hydrogen-bond acceptors (Lipinski definition) is 3. The highest BCUT2D eigenvalue weighted by Crippen LogP contribution is 2.25. The van der Waals surface area contributed by atoms with Crippen LogP contribution in [0.3, 0.4) is 0 Å². The lowest BCUT2D eigenvalue weighted by atomic mass is 10.2. The summed E-state index contributed by atoms with van der Waals surface area (Å²) in [4.78, 5) is 0. The van der Waals surface area contributed by atoms with Gasteiger partial charge in [-0.05, 0) is 29.1 Å². The first-order chi connectivity index (χ1) is 8.91. The van der Waals surface area contributed by atoms with Gasteiger partial charge in [0.15, 0.2) is 0 Å². The Balaban J connectivity index is 2.21.